The molecule has 4 heteroatoms. The normalized spacial score (nSPS) is 30.2. The zero-order valence-electron chi connectivity index (χ0n) is 12.2. The summed E-state index contributed by atoms with van der Waals surface area (Å²) in [5.74, 6) is 0. The fourth-order valence-electron chi connectivity index (χ4n) is 3.35. The average Bonchev–Trinajstić information content (AvgIpc) is 2.76. The van der Waals surface area contributed by atoms with E-state index in [9.17, 15) is 0 Å². The second-order valence-electron chi connectivity index (χ2n) is 6.24. The molecule has 0 spiro atoms. The molecule has 1 N–H and O–H groups in total. The van der Waals surface area contributed by atoms with Gasteiger partial charge in [-0.15, -0.1) is 11.3 Å². The van der Waals surface area contributed by atoms with Gasteiger partial charge in [0, 0.05) is 18.0 Å². The predicted molar refractivity (Wildman–Crippen MR) is 78.7 cm³/mol. The molecule has 0 unspecified atom stereocenters. The summed E-state index contributed by atoms with van der Waals surface area (Å²) in [6.45, 7) is 4.44. The second-order valence-corrected chi connectivity index (χ2v) is 7.33. The predicted octanol–water partition coefficient (Wildman–Crippen LogP) is 3.02. The highest BCUT2D eigenvalue weighted by molar-refractivity contribution is 7.11. The van der Waals surface area contributed by atoms with Crippen molar-refractivity contribution in [1.82, 2.24) is 10.3 Å². The number of nitrogens with zero attached hydrogens (tertiary/aromatic N) is 1. The van der Waals surface area contributed by atoms with Crippen molar-refractivity contribution in [3.05, 3.63) is 15.6 Å². The molecule has 1 saturated carbocycles. The third kappa shape index (κ3) is 2.46. The number of nitrogens with one attached hydrogen (secondary N) is 1. The highest BCUT2D eigenvalue weighted by atomic mass is 32.1. The maximum atomic E-state index is 5.48. The van der Waals surface area contributed by atoms with Crippen molar-refractivity contribution < 1.29 is 4.74 Å². The Balaban J connectivity index is 1.85. The van der Waals surface area contributed by atoms with Crippen LogP contribution in [0.1, 0.15) is 55.1 Å². The number of hydrogen-bond donors (Lipinski definition) is 1. The van der Waals surface area contributed by atoms with Crippen LogP contribution in [-0.2, 0) is 23.1 Å². The molecular weight excluding hydrogens is 256 g/mol. The molecule has 1 heterocycles. The van der Waals surface area contributed by atoms with Crippen molar-refractivity contribution in [2.24, 2.45) is 0 Å². The zero-order chi connectivity index (χ0) is 13.5. The smallest absolute Gasteiger partial charge is 0.113 e. The Bertz CT molecular complexity index is 425. The maximum Gasteiger partial charge on any atom is 0.113 e. The van der Waals surface area contributed by atoms with E-state index in [0.29, 0.717) is 12.1 Å². The van der Waals surface area contributed by atoms with Crippen LogP contribution >= 0.6 is 11.3 Å². The van der Waals surface area contributed by atoms with Gasteiger partial charge in [0.1, 0.15) is 5.01 Å². The number of rotatable bonds is 4. The molecule has 0 aromatic carbocycles. The van der Waals surface area contributed by atoms with Gasteiger partial charge < -0.3 is 10.1 Å². The van der Waals surface area contributed by atoms with Crippen LogP contribution in [0.15, 0.2) is 0 Å². The van der Waals surface area contributed by atoms with Crippen LogP contribution in [0.3, 0.4) is 0 Å². The Hall–Kier alpha value is -0.450. The highest BCUT2D eigenvalue weighted by Gasteiger charge is 2.48. The quantitative estimate of drug-likeness (QED) is 0.920. The van der Waals surface area contributed by atoms with Crippen LogP contribution in [-0.4, -0.2) is 24.2 Å². The summed E-state index contributed by atoms with van der Waals surface area (Å²) < 4.78 is 5.48. The van der Waals surface area contributed by atoms with Gasteiger partial charge in [0.25, 0.3) is 0 Å². The summed E-state index contributed by atoms with van der Waals surface area (Å²) in [6.07, 6.45) is 7.58. The largest absolute Gasteiger partial charge is 0.381 e. The Kier molecular flexibility index (Phi) is 3.67. The van der Waals surface area contributed by atoms with Gasteiger partial charge in [-0.1, -0.05) is 0 Å². The van der Waals surface area contributed by atoms with Gasteiger partial charge in [-0.3, -0.25) is 0 Å². The van der Waals surface area contributed by atoms with Crippen LogP contribution < -0.4 is 5.32 Å². The number of hydrogen-bond acceptors (Lipinski definition) is 4. The van der Waals surface area contributed by atoms with Gasteiger partial charge in [-0.2, -0.15) is 0 Å². The van der Waals surface area contributed by atoms with E-state index >= 15 is 0 Å². The number of aromatic nitrogens is 1. The van der Waals surface area contributed by atoms with Crippen molar-refractivity contribution in [3.63, 3.8) is 0 Å². The molecule has 3 nitrogen and oxygen atoms in total. The fourth-order valence-corrected chi connectivity index (χ4v) is 4.67. The summed E-state index contributed by atoms with van der Waals surface area (Å²) in [6, 6.07) is 0.485. The molecule has 2 aliphatic rings. The number of thiazole rings is 1. The second kappa shape index (κ2) is 5.15. The van der Waals surface area contributed by atoms with Gasteiger partial charge in [-0.25, -0.2) is 4.98 Å². The Morgan fingerprint density at radius 1 is 1.32 bits per heavy atom. The van der Waals surface area contributed by atoms with E-state index in [1.165, 1.54) is 41.3 Å². The molecule has 0 radical (unpaired) electrons. The van der Waals surface area contributed by atoms with E-state index in [1.54, 1.807) is 0 Å². The molecule has 2 aliphatic carbocycles. The van der Waals surface area contributed by atoms with Gasteiger partial charge in [0.2, 0.25) is 0 Å². The van der Waals surface area contributed by atoms with Crippen LogP contribution in [0.25, 0.3) is 0 Å². The van der Waals surface area contributed by atoms with Crippen molar-refractivity contribution >= 4 is 11.3 Å². The van der Waals surface area contributed by atoms with Crippen LogP contribution in [0.5, 0.6) is 0 Å². The lowest BCUT2D eigenvalue weighted by Crippen LogP contribution is -2.57. The average molecular weight is 280 g/mol. The Morgan fingerprint density at radius 3 is 2.68 bits per heavy atom. The minimum absolute atomic E-state index is 0.0802. The zero-order valence-corrected chi connectivity index (χ0v) is 13.0. The molecular formula is C15H24N2OS. The lowest BCUT2D eigenvalue weighted by molar-refractivity contribution is -0.0365. The fraction of sp³-hybridized carbons (Fsp3) is 0.800. The number of methoxy groups -OCH3 is 1. The Morgan fingerprint density at radius 2 is 2.05 bits per heavy atom. The summed E-state index contributed by atoms with van der Waals surface area (Å²) in [7, 11) is 1.82. The van der Waals surface area contributed by atoms with E-state index in [0.717, 1.165) is 12.8 Å². The molecule has 1 aromatic rings. The SMILES string of the molecule is COC1CC(NC(C)C)(c2nc3c(s2)CCCC3)C1. The first-order valence-corrected chi connectivity index (χ1v) is 8.24. The summed E-state index contributed by atoms with van der Waals surface area (Å²) >= 11 is 1.94. The lowest BCUT2D eigenvalue weighted by Gasteiger charge is -2.47. The number of aryl methyl sites for hydroxylation is 2. The standard InChI is InChI=1S/C15H24N2OS/c1-10(2)17-15(8-11(9-15)18-3)14-16-12-6-4-5-7-13(12)19-14/h10-11,17H,4-9H2,1-3H3. The van der Waals surface area contributed by atoms with E-state index < -0.39 is 0 Å². The van der Waals surface area contributed by atoms with E-state index in [-0.39, 0.29) is 5.54 Å². The summed E-state index contributed by atoms with van der Waals surface area (Å²) in [5.41, 5.74) is 1.45. The van der Waals surface area contributed by atoms with E-state index in [4.69, 9.17) is 9.72 Å². The van der Waals surface area contributed by atoms with E-state index in [2.05, 4.69) is 19.2 Å². The number of fused-ring (bicyclic) bond motifs is 1. The molecule has 1 aromatic heterocycles. The molecule has 106 valence electrons. The first-order valence-electron chi connectivity index (χ1n) is 7.42. The van der Waals surface area contributed by atoms with Crippen LogP contribution in [0.2, 0.25) is 0 Å². The van der Waals surface area contributed by atoms with Crippen LogP contribution in [0, 0.1) is 0 Å². The van der Waals surface area contributed by atoms with Crippen molar-refractivity contribution in [2.45, 2.75) is 70.1 Å². The number of ether oxygens (including phenoxy) is 1. The minimum atomic E-state index is 0.0802. The monoisotopic (exact) mass is 280 g/mol. The summed E-state index contributed by atoms with van der Waals surface area (Å²) in [4.78, 5) is 6.50. The van der Waals surface area contributed by atoms with Crippen molar-refractivity contribution in [3.8, 4) is 0 Å². The molecule has 0 atom stereocenters. The molecule has 0 amide bonds. The maximum absolute atomic E-state index is 5.48. The topological polar surface area (TPSA) is 34.1 Å². The minimum Gasteiger partial charge on any atom is -0.381 e. The third-order valence-corrected chi connectivity index (χ3v) is 5.67. The highest BCUT2D eigenvalue weighted by Crippen LogP contribution is 2.46. The Labute approximate surface area is 119 Å². The van der Waals surface area contributed by atoms with Crippen molar-refractivity contribution in [1.29, 1.82) is 0 Å². The molecule has 0 saturated heterocycles. The van der Waals surface area contributed by atoms with Gasteiger partial charge in [0.05, 0.1) is 17.3 Å². The van der Waals surface area contributed by atoms with E-state index in [1.807, 2.05) is 18.4 Å². The molecule has 1 fully saturated rings. The van der Waals surface area contributed by atoms with Gasteiger partial charge in [-0.05, 0) is 52.4 Å². The van der Waals surface area contributed by atoms with Gasteiger partial charge in [0.15, 0.2) is 0 Å². The first-order chi connectivity index (χ1) is 9.13. The first kappa shape index (κ1) is 13.5. The van der Waals surface area contributed by atoms with Crippen molar-refractivity contribution in [2.75, 3.05) is 7.11 Å². The molecule has 3 rings (SSSR count). The summed E-state index contributed by atoms with van der Waals surface area (Å²) in [5, 5.41) is 5.06. The van der Waals surface area contributed by atoms with Gasteiger partial charge >= 0.3 is 0 Å². The molecule has 0 aliphatic heterocycles. The van der Waals surface area contributed by atoms with Crippen LogP contribution in [0.4, 0.5) is 0 Å². The lowest BCUT2D eigenvalue weighted by atomic mass is 9.74. The molecule has 19 heavy (non-hydrogen) atoms. The molecule has 0 bridgehead atoms. The third-order valence-electron chi connectivity index (χ3n) is 4.31.